The van der Waals surface area contributed by atoms with Crippen molar-refractivity contribution in [2.45, 2.75) is 0 Å². The van der Waals surface area contributed by atoms with Crippen LogP contribution in [0.2, 0.25) is 0 Å². The lowest BCUT2D eigenvalue weighted by Crippen LogP contribution is -1.65. The van der Waals surface area contributed by atoms with Crippen molar-refractivity contribution in [3.8, 4) is 0 Å². The monoisotopic (exact) mass is 197 g/mol. The van der Waals surface area contributed by atoms with Gasteiger partial charge in [-0.05, 0) is 18.2 Å². The molecule has 10 heavy (non-hydrogen) atoms. The number of halogens is 1. The molecule has 0 bridgehead atoms. The molecule has 1 aromatic heterocycles. The molecule has 0 radical (unpaired) electrons. The largest absolute Gasteiger partial charge is 0.364 e. The van der Waals surface area contributed by atoms with Crippen molar-refractivity contribution in [1.82, 2.24) is 5.16 Å². The number of nitrogens with zero attached hydrogens (tertiary/aromatic N) is 1. The zero-order valence-corrected chi connectivity index (χ0v) is 6.63. The Morgan fingerprint density at radius 3 is 3.20 bits per heavy atom. The first-order chi connectivity index (χ1) is 4.86. The van der Waals surface area contributed by atoms with Gasteiger partial charge in [0.05, 0.1) is 0 Å². The lowest BCUT2D eigenvalue weighted by molar-refractivity contribution is 0.428. The second-order valence-electron chi connectivity index (χ2n) is 2.02. The fourth-order valence-corrected chi connectivity index (χ4v) is 1.22. The minimum absolute atomic E-state index is 0.892. The van der Waals surface area contributed by atoms with E-state index in [-0.39, 0.29) is 0 Å². The average Bonchev–Trinajstić information content (AvgIpc) is 2.33. The molecule has 2 rings (SSSR count). The van der Waals surface area contributed by atoms with Gasteiger partial charge in [0.15, 0.2) is 0 Å². The van der Waals surface area contributed by atoms with Gasteiger partial charge in [0.1, 0.15) is 11.8 Å². The summed E-state index contributed by atoms with van der Waals surface area (Å²) in [6.07, 6.45) is 1.63. The van der Waals surface area contributed by atoms with Crippen LogP contribution >= 0.6 is 15.9 Å². The third-order valence-electron chi connectivity index (χ3n) is 1.32. The van der Waals surface area contributed by atoms with Crippen molar-refractivity contribution in [2.24, 2.45) is 0 Å². The van der Waals surface area contributed by atoms with Crippen LogP contribution in [0.4, 0.5) is 0 Å². The van der Waals surface area contributed by atoms with Crippen LogP contribution in [0.5, 0.6) is 0 Å². The quantitative estimate of drug-likeness (QED) is 0.650. The predicted octanol–water partition coefficient (Wildman–Crippen LogP) is 2.59. The van der Waals surface area contributed by atoms with Crippen molar-refractivity contribution < 1.29 is 4.52 Å². The van der Waals surface area contributed by atoms with E-state index in [2.05, 4.69) is 21.1 Å². The SMILES string of the molecule is Brc1ccc2nocc2c1. The molecule has 2 aromatic rings. The molecule has 0 saturated heterocycles. The molecule has 50 valence electrons. The molecular formula is C7H4BrNO. The smallest absolute Gasteiger partial charge is 0.131 e. The van der Waals surface area contributed by atoms with E-state index in [1.807, 2.05) is 18.2 Å². The van der Waals surface area contributed by atoms with Gasteiger partial charge in [-0.25, -0.2) is 0 Å². The maximum Gasteiger partial charge on any atom is 0.131 e. The number of rotatable bonds is 0. The summed E-state index contributed by atoms with van der Waals surface area (Å²) in [4.78, 5) is 0. The molecule has 2 nitrogen and oxygen atoms in total. The Hall–Kier alpha value is -0.830. The fraction of sp³-hybridized carbons (Fsp3) is 0. The van der Waals surface area contributed by atoms with E-state index in [4.69, 9.17) is 4.52 Å². The van der Waals surface area contributed by atoms with Gasteiger partial charge in [-0.15, -0.1) is 0 Å². The summed E-state index contributed by atoms with van der Waals surface area (Å²) in [5.41, 5.74) is 0.892. The highest BCUT2D eigenvalue weighted by atomic mass is 79.9. The van der Waals surface area contributed by atoms with Crippen LogP contribution in [0.25, 0.3) is 10.9 Å². The van der Waals surface area contributed by atoms with Gasteiger partial charge in [0, 0.05) is 9.86 Å². The molecule has 0 aliphatic rings. The van der Waals surface area contributed by atoms with Gasteiger partial charge in [-0.1, -0.05) is 21.1 Å². The summed E-state index contributed by atoms with van der Waals surface area (Å²) in [5, 5.41) is 4.79. The maximum atomic E-state index is 4.75. The summed E-state index contributed by atoms with van der Waals surface area (Å²) in [5.74, 6) is 0. The number of fused-ring (bicyclic) bond motifs is 1. The molecule has 0 fully saturated rings. The summed E-state index contributed by atoms with van der Waals surface area (Å²) in [6.45, 7) is 0. The van der Waals surface area contributed by atoms with Gasteiger partial charge in [-0.2, -0.15) is 0 Å². The third kappa shape index (κ3) is 0.827. The Morgan fingerprint density at radius 1 is 1.40 bits per heavy atom. The van der Waals surface area contributed by atoms with Gasteiger partial charge in [-0.3, -0.25) is 0 Å². The molecule has 3 heteroatoms. The van der Waals surface area contributed by atoms with Crippen molar-refractivity contribution in [2.75, 3.05) is 0 Å². The molecule has 0 amide bonds. The zero-order chi connectivity index (χ0) is 6.97. The van der Waals surface area contributed by atoms with E-state index in [9.17, 15) is 0 Å². The minimum atomic E-state index is 0.892. The molecular weight excluding hydrogens is 194 g/mol. The Morgan fingerprint density at radius 2 is 2.30 bits per heavy atom. The first-order valence-electron chi connectivity index (χ1n) is 2.86. The van der Waals surface area contributed by atoms with Crippen molar-refractivity contribution >= 4 is 26.8 Å². The summed E-state index contributed by atoms with van der Waals surface area (Å²) in [7, 11) is 0. The zero-order valence-electron chi connectivity index (χ0n) is 5.04. The second kappa shape index (κ2) is 2.09. The molecule has 0 unspecified atom stereocenters. The molecule has 0 aliphatic heterocycles. The number of benzene rings is 1. The van der Waals surface area contributed by atoms with E-state index in [0.29, 0.717) is 0 Å². The summed E-state index contributed by atoms with van der Waals surface area (Å²) >= 11 is 3.35. The van der Waals surface area contributed by atoms with Gasteiger partial charge in [0.2, 0.25) is 0 Å². The Bertz CT molecular complexity index is 355. The maximum absolute atomic E-state index is 4.75. The Labute approximate surface area is 65.9 Å². The lowest BCUT2D eigenvalue weighted by atomic mass is 10.3. The highest BCUT2D eigenvalue weighted by Crippen LogP contribution is 2.17. The average molecular weight is 198 g/mol. The van der Waals surface area contributed by atoms with Gasteiger partial charge >= 0.3 is 0 Å². The number of aromatic nitrogens is 1. The van der Waals surface area contributed by atoms with Crippen LogP contribution in [0.1, 0.15) is 0 Å². The minimum Gasteiger partial charge on any atom is -0.364 e. The Balaban J connectivity index is 2.86. The Kier molecular flexibility index (Phi) is 1.24. The molecule has 0 saturated carbocycles. The van der Waals surface area contributed by atoms with E-state index in [1.54, 1.807) is 6.26 Å². The van der Waals surface area contributed by atoms with Crippen LogP contribution in [-0.4, -0.2) is 5.16 Å². The van der Waals surface area contributed by atoms with Crippen LogP contribution in [0, 0.1) is 0 Å². The molecule has 1 heterocycles. The topological polar surface area (TPSA) is 26.0 Å². The highest BCUT2D eigenvalue weighted by molar-refractivity contribution is 9.10. The van der Waals surface area contributed by atoms with Crippen molar-refractivity contribution in [1.29, 1.82) is 0 Å². The highest BCUT2D eigenvalue weighted by Gasteiger charge is 1.95. The number of hydrogen-bond acceptors (Lipinski definition) is 2. The van der Waals surface area contributed by atoms with Crippen LogP contribution in [0.3, 0.4) is 0 Å². The summed E-state index contributed by atoms with van der Waals surface area (Å²) in [6, 6.07) is 5.81. The van der Waals surface area contributed by atoms with Crippen LogP contribution in [0.15, 0.2) is 33.5 Å². The molecule has 0 spiro atoms. The van der Waals surface area contributed by atoms with Gasteiger partial charge < -0.3 is 4.52 Å². The second-order valence-corrected chi connectivity index (χ2v) is 2.93. The first-order valence-corrected chi connectivity index (χ1v) is 3.65. The standard InChI is InChI=1S/C7H4BrNO/c8-6-1-2-7-5(3-6)4-10-9-7/h1-4H. The van der Waals surface area contributed by atoms with Gasteiger partial charge in [0.25, 0.3) is 0 Å². The van der Waals surface area contributed by atoms with E-state index in [0.717, 1.165) is 15.4 Å². The predicted molar refractivity (Wildman–Crippen MR) is 41.7 cm³/mol. The lowest BCUT2D eigenvalue weighted by Gasteiger charge is -1.85. The normalized spacial score (nSPS) is 10.5. The molecule has 0 N–H and O–H groups in total. The molecule has 1 aromatic carbocycles. The summed E-state index contributed by atoms with van der Waals surface area (Å²) < 4.78 is 5.79. The van der Waals surface area contributed by atoms with E-state index in [1.165, 1.54) is 0 Å². The third-order valence-corrected chi connectivity index (χ3v) is 1.81. The van der Waals surface area contributed by atoms with Crippen LogP contribution in [-0.2, 0) is 0 Å². The van der Waals surface area contributed by atoms with Crippen LogP contribution < -0.4 is 0 Å². The van der Waals surface area contributed by atoms with Crippen molar-refractivity contribution in [3.63, 3.8) is 0 Å². The molecule has 0 aliphatic carbocycles. The number of hydrogen-bond donors (Lipinski definition) is 0. The first kappa shape index (κ1) is 5.92. The molecule has 0 atom stereocenters. The van der Waals surface area contributed by atoms with E-state index >= 15 is 0 Å². The van der Waals surface area contributed by atoms with Crippen molar-refractivity contribution in [3.05, 3.63) is 28.9 Å². The fourth-order valence-electron chi connectivity index (χ4n) is 0.843. The van der Waals surface area contributed by atoms with E-state index < -0.39 is 0 Å².